The minimum Gasteiger partial charge on any atom is -0.507 e. The van der Waals surface area contributed by atoms with E-state index in [0.29, 0.717) is 12.8 Å². The quantitative estimate of drug-likeness (QED) is 0.595. The van der Waals surface area contributed by atoms with Gasteiger partial charge in [0, 0.05) is 6.08 Å². The summed E-state index contributed by atoms with van der Waals surface area (Å²) < 4.78 is 0. The Bertz CT molecular complexity index is 470. The van der Waals surface area contributed by atoms with Gasteiger partial charge in [0.2, 0.25) is 5.91 Å². The van der Waals surface area contributed by atoms with Crippen molar-refractivity contribution >= 4 is 12.0 Å². The number of amides is 1. The van der Waals surface area contributed by atoms with Crippen LogP contribution in [0.1, 0.15) is 16.7 Å². The van der Waals surface area contributed by atoms with E-state index < -0.39 is 5.91 Å². The Balaban J connectivity index is 3.22. The Morgan fingerprint density at radius 2 is 1.72 bits per heavy atom. The fourth-order valence-corrected chi connectivity index (χ4v) is 1.68. The van der Waals surface area contributed by atoms with Crippen molar-refractivity contribution in [2.45, 2.75) is 12.8 Å². The van der Waals surface area contributed by atoms with Crippen molar-refractivity contribution in [2.24, 2.45) is 5.73 Å². The molecule has 18 heavy (non-hydrogen) atoms. The monoisotopic (exact) mass is 243 g/mol. The van der Waals surface area contributed by atoms with E-state index in [-0.39, 0.29) is 5.75 Å². The lowest BCUT2D eigenvalue weighted by Gasteiger charge is -2.09. The van der Waals surface area contributed by atoms with Gasteiger partial charge < -0.3 is 10.8 Å². The van der Waals surface area contributed by atoms with Gasteiger partial charge in [-0.05, 0) is 47.7 Å². The van der Waals surface area contributed by atoms with Crippen LogP contribution >= 0.6 is 0 Å². The number of phenols is 1. The van der Waals surface area contributed by atoms with E-state index in [9.17, 15) is 9.90 Å². The zero-order valence-corrected chi connectivity index (χ0v) is 10.2. The molecular formula is C15H17NO2. The normalized spacial score (nSPS) is 10.4. The van der Waals surface area contributed by atoms with Crippen LogP contribution in [0.4, 0.5) is 0 Å². The van der Waals surface area contributed by atoms with E-state index in [1.54, 1.807) is 18.2 Å². The standard InChI is InChI=1S/C15H17NO2/c1-3-5-12-9-11(7-8-14(16)17)10-13(6-4-2)15(12)18/h3-4,7-10,18H,1-2,5-6H2,(H2,16,17). The molecule has 0 aliphatic carbocycles. The van der Waals surface area contributed by atoms with E-state index in [4.69, 9.17) is 5.73 Å². The molecule has 0 aliphatic heterocycles. The molecule has 0 heterocycles. The molecule has 0 radical (unpaired) electrons. The van der Waals surface area contributed by atoms with Crippen LogP contribution in [0.3, 0.4) is 0 Å². The SMILES string of the molecule is C=CCc1cc(C=CC(N)=O)cc(CC=C)c1O. The van der Waals surface area contributed by atoms with Crippen LogP contribution in [0.2, 0.25) is 0 Å². The van der Waals surface area contributed by atoms with Gasteiger partial charge in [-0.25, -0.2) is 0 Å². The molecule has 0 unspecified atom stereocenters. The molecule has 0 spiro atoms. The third-order valence-electron chi connectivity index (χ3n) is 2.46. The van der Waals surface area contributed by atoms with Crippen LogP contribution in [0.15, 0.2) is 43.5 Å². The van der Waals surface area contributed by atoms with E-state index >= 15 is 0 Å². The molecule has 1 aromatic rings. The number of nitrogens with two attached hydrogens (primary N) is 1. The molecule has 1 rings (SSSR count). The van der Waals surface area contributed by atoms with Crippen molar-refractivity contribution in [1.29, 1.82) is 0 Å². The van der Waals surface area contributed by atoms with Gasteiger partial charge in [-0.3, -0.25) is 4.79 Å². The molecule has 0 atom stereocenters. The van der Waals surface area contributed by atoms with E-state index in [2.05, 4.69) is 13.2 Å². The predicted octanol–water partition coefficient (Wildman–Crippen LogP) is 2.35. The number of phenolic OH excluding ortho intramolecular Hbond substituents is 1. The molecule has 0 saturated heterocycles. The molecule has 0 fully saturated rings. The molecule has 0 saturated carbocycles. The Kier molecular flexibility index (Phi) is 4.93. The van der Waals surface area contributed by atoms with Crippen LogP contribution in [-0.2, 0) is 17.6 Å². The molecular weight excluding hydrogens is 226 g/mol. The molecule has 3 N–H and O–H groups in total. The third-order valence-corrected chi connectivity index (χ3v) is 2.46. The van der Waals surface area contributed by atoms with Gasteiger partial charge in [0.1, 0.15) is 5.75 Å². The van der Waals surface area contributed by atoms with Gasteiger partial charge in [-0.1, -0.05) is 12.2 Å². The van der Waals surface area contributed by atoms with Gasteiger partial charge >= 0.3 is 0 Å². The lowest BCUT2D eigenvalue weighted by atomic mass is 9.99. The molecule has 1 aromatic carbocycles. The number of allylic oxidation sites excluding steroid dienone is 2. The number of primary amides is 1. The maximum atomic E-state index is 10.7. The topological polar surface area (TPSA) is 63.3 Å². The highest BCUT2D eigenvalue weighted by molar-refractivity contribution is 5.90. The van der Waals surface area contributed by atoms with Crippen molar-refractivity contribution in [3.05, 3.63) is 60.2 Å². The van der Waals surface area contributed by atoms with Crippen molar-refractivity contribution in [3.63, 3.8) is 0 Å². The van der Waals surface area contributed by atoms with E-state index in [1.807, 2.05) is 12.1 Å². The minimum atomic E-state index is -0.501. The fraction of sp³-hybridized carbons (Fsp3) is 0.133. The first-order valence-corrected chi connectivity index (χ1v) is 5.62. The summed E-state index contributed by atoms with van der Waals surface area (Å²) in [5.41, 5.74) is 7.42. The lowest BCUT2D eigenvalue weighted by molar-refractivity contribution is -0.113. The summed E-state index contributed by atoms with van der Waals surface area (Å²) in [6.45, 7) is 7.31. The van der Waals surface area contributed by atoms with Crippen LogP contribution in [0.5, 0.6) is 5.75 Å². The van der Waals surface area contributed by atoms with Crippen molar-refractivity contribution < 1.29 is 9.90 Å². The van der Waals surface area contributed by atoms with Crippen molar-refractivity contribution in [3.8, 4) is 5.75 Å². The summed E-state index contributed by atoms with van der Waals surface area (Å²) in [5.74, 6) is -0.246. The number of aromatic hydroxyl groups is 1. The average molecular weight is 243 g/mol. The highest BCUT2D eigenvalue weighted by Gasteiger charge is 2.07. The fourth-order valence-electron chi connectivity index (χ4n) is 1.68. The Morgan fingerprint density at radius 3 is 2.11 bits per heavy atom. The van der Waals surface area contributed by atoms with E-state index in [1.165, 1.54) is 6.08 Å². The number of benzene rings is 1. The van der Waals surface area contributed by atoms with Gasteiger partial charge in [-0.15, -0.1) is 13.2 Å². The number of hydrogen-bond donors (Lipinski definition) is 2. The molecule has 94 valence electrons. The summed E-state index contributed by atoms with van der Waals surface area (Å²) in [5, 5.41) is 10.0. The Labute approximate surface area is 107 Å². The van der Waals surface area contributed by atoms with Crippen LogP contribution in [0, 0.1) is 0 Å². The van der Waals surface area contributed by atoms with Gasteiger partial charge in [0.15, 0.2) is 0 Å². The van der Waals surface area contributed by atoms with Crippen molar-refractivity contribution in [2.75, 3.05) is 0 Å². The van der Waals surface area contributed by atoms with Crippen molar-refractivity contribution in [1.82, 2.24) is 0 Å². The molecule has 3 heteroatoms. The van der Waals surface area contributed by atoms with Gasteiger partial charge in [-0.2, -0.15) is 0 Å². The maximum Gasteiger partial charge on any atom is 0.241 e. The predicted molar refractivity (Wildman–Crippen MR) is 74.1 cm³/mol. The van der Waals surface area contributed by atoms with Gasteiger partial charge in [0.25, 0.3) is 0 Å². The highest BCUT2D eigenvalue weighted by Crippen LogP contribution is 2.26. The molecule has 0 bridgehead atoms. The summed E-state index contributed by atoms with van der Waals surface area (Å²) in [7, 11) is 0. The molecule has 0 aliphatic rings. The minimum absolute atomic E-state index is 0.256. The Hall–Kier alpha value is -2.29. The number of hydrogen-bond acceptors (Lipinski definition) is 2. The molecule has 0 aromatic heterocycles. The molecule has 1 amide bonds. The average Bonchev–Trinajstić information content (AvgIpc) is 2.32. The smallest absolute Gasteiger partial charge is 0.241 e. The van der Waals surface area contributed by atoms with E-state index in [0.717, 1.165) is 16.7 Å². The zero-order chi connectivity index (χ0) is 13.5. The second-order valence-electron chi connectivity index (χ2n) is 3.91. The summed E-state index contributed by atoms with van der Waals surface area (Å²) in [6.07, 6.45) is 7.48. The highest BCUT2D eigenvalue weighted by atomic mass is 16.3. The zero-order valence-electron chi connectivity index (χ0n) is 10.2. The first-order chi connectivity index (χ1) is 8.58. The first kappa shape index (κ1) is 13.8. The number of rotatable bonds is 6. The van der Waals surface area contributed by atoms with Crippen LogP contribution in [-0.4, -0.2) is 11.0 Å². The largest absolute Gasteiger partial charge is 0.507 e. The van der Waals surface area contributed by atoms with Gasteiger partial charge in [0.05, 0.1) is 0 Å². The molecule has 3 nitrogen and oxygen atoms in total. The summed E-state index contributed by atoms with van der Waals surface area (Å²) >= 11 is 0. The third kappa shape index (κ3) is 3.63. The van der Waals surface area contributed by atoms with Crippen LogP contribution in [0.25, 0.3) is 6.08 Å². The first-order valence-electron chi connectivity index (χ1n) is 5.62. The summed E-state index contributed by atoms with van der Waals surface area (Å²) in [6, 6.07) is 3.62. The summed E-state index contributed by atoms with van der Waals surface area (Å²) in [4.78, 5) is 10.7. The second-order valence-corrected chi connectivity index (χ2v) is 3.91. The maximum absolute atomic E-state index is 10.7. The van der Waals surface area contributed by atoms with Crippen LogP contribution < -0.4 is 5.73 Å². The number of carbonyl (C=O) groups is 1. The Morgan fingerprint density at radius 1 is 1.22 bits per heavy atom. The lowest BCUT2D eigenvalue weighted by Crippen LogP contribution is -2.05. The second kappa shape index (κ2) is 6.45. The number of carbonyl (C=O) groups excluding carboxylic acids is 1.